The molecule has 6 nitrogen and oxygen atoms in total. The third kappa shape index (κ3) is 6.27. The molecule has 1 amide bonds. The fourth-order valence-electron chi connectivity index (χ4n) is 4.22. The number of rotatable bonds is 10. The Hall–Kier alpha value is -2.64. The third-order valence-corrected chi connectivity index (χ3v) is 7.08. The van der Waals surface area contributed by atoms with Crippen LogP contribution >= 0.6 is 11.8 Å². The first-order valence-electron chi connectivity index (χ1n) is 11.9. The summed E-state index contributed by atoms with van der Waals surface area (Å²) in [6, 6.07) is 18.1. The Kier molecular flexibility index (Phi) is 8.91. The average molecular weight is 481 g/mol. The van der Waals surface area contributed by atoms with E-state index in [0.717, 1.165) is 12.1 Å². The minimum atomic E-state index is -0.376. The fourth-order valence-corrected chi connectivity index (χ4v) is 5.27. The standard InChI is InChI=1S/C27H36N4O2S/c1-19(2)30(20(3)4)16-17-31-26(33)23-14-10-11-15-24(23)28-27(31)34-21(5)25(32)29(6)18-22-12-8-7-9-13-22/h7-15,19-21H,16-18H2,1-6H3. The van der Waals surface area contributed by atoms with Crippen LogP contribution in [0.5, 0.6) is 0 Å². The van der Waals surface area contributed by atoms with E-state index in [9.17, 15) is 9.59 Å². The average Bonchev–Trinajstić information content (AvgIpc) is 2.80. The molecule has 3 aromatic rings. The molecule has 34 heavy (non-hydrogen) atoms. The van der Waals surface area contributed by atoms with Crippen LogP contribution in [0.1, 0.15) is 40.2 Å². The zero-order valence-corrected chi connectivity index (χ0v) is 21.9. The van der Waals surface area contributed by atoms with E-state index in [1.165, 1.54) is 11.8 Å². The van der Waals surface area contributed by atoms with Gasteiger partial charge in [0.1, 0.15) is 0 Å². The van der Waals surface area contributed by atoms with Crippen molar-refractivity contribution in [3.8, 4) is 0 Å². The monoisotopic (exact) mass is 480 g/mol. The minimum Gasteiger partial charge on any atom is -0.340 e. The highest BCUT2D eigenvalue weighted by Gasteiger charge is 2.23. The topological polar surface area (TPSA) is 58.4 Å². The van der Waals surface area contributed by atoms with Gasteiger partial charge in [-0.15, -0.1) is 0 Å². The second-order valence-corrected chi connectivity index (χ2v) is 10.5. The highest BCUT2D eigenvalue weighted by molar-refractivity contribution is 8.00. The highest BCUT2D eigenvalue weighted by Crippen LogP contribution is 2.24. The lowest BCUT2D eigenvalue weighted by atomic mass is 10.2. The summed E-state index contributed by atoms with van der Waals surface area (Å²) in [6.07, 6.45) is 0. The Bertz CT molecular complexity index is 1150. The summed E-state index contributed by atoms with van der Waals surface area (Å²) in [6.45, 7) is 12.4. The molecule has 182 valence electrons. The Balaban J connectivity index is 1.86. The van der Waals surface area contributed by atoms with Gasteiger partial charge < -0.3 is 4.90 Å². The lowest BCUT2D eigenvalue weighted by Crippen LogP contribution is -2.41. The zero-order valence-electron chi connectivity index (χ0n) is 21.1. The summed E-state index contributed by atoms with van der Waals surface area (Å²) in [5, 5.41) is 0.817. The van der Waals surface area contributed by atoms with Gasteiger partial charge in [0.2, 0.25) is 5.91 Å². The molecule has 0 N–H and O–H groups in total. The van der Waals surface area contributed by atoms with E-state index in [0.29, 0.717) is 41.2 Å². The van der Waals surface area contributed by atoms with Crippen molar-refractivity contribution in [1.82, 2.24) is 19.4 Å². The molecule has 0 aliphatic rings. The largest absolute Gasteiger partial charge is 0.340 e. The van der Waals surface area contributed by atoms with Crippen LogP contribution in [0.15, 0.2) is 64.5 Å². The molecule has 0 spiro atoms. The summed E-state index contributed by atoms with van der Waals surface area (Å²) in [4.78, 5) is 35.5. The van der Waals surface area contributed by atoms with Gasteiger partial charge in [-0.3, -0.25) is 19.1 Å². The summed E-state index contributed by atoms with van der Waals surface area (Å²) in [5.41, 5.74) is 1.68. The molecular formula is C27H36N4O2S. The molecule has 2 aromatic carbocycles. The van der Waals surface area contributed by atoms with Gasteiger partial charge in [0.05, 0.1) is 16.2 Å². The van der Waals surface area contributed by atoms with Gasteiger partial charge in [-0.1, -0.05) is 54.2 Å². The highest BCUT2D eigenvalue weighted by atomic mass is 32.2. The number of hydrogen-bond donors (Lipinski definition) is 0. The molecule has 1 unspecified atom stereocenters. The summed E-state index contributed by atoms with van der Waals surface area (Å²) in [7, 11) is 1.82. The number of carbonyl (C=O) groups is 1. The fraction of sp³-hybridized carbons (Fsp3) is 0.444. The zero-order chi connectivity index (χ0) is 24.8. The van der Waals surface area contributed by atoms with Gasteiger partial charge in [-0.05, 0) is 52.3 Å². The van der Waals surface area contributed by atoms with Crippen LogP contribution in [-0.2, 0) is 17.9 Å². The smallest absolute Gasteiger partial charge is 0.262 e. The van der Waals surface area contributed by atoms with Crippen molar-refractivity contribution in [2.45, 2.75) is 70.2 Å². The lowest BCUT2D eigenvalue weighted by molar-refractivity contribution is -0.129. The normalized spacial score (nSPS) is 12.6. The molecular weight excluding hydrogens is 444 g/mol. The Morgan fingerprint density at radius 1 is 0.971 bits per heavy atom. The van der Waals surface area contributed by atoms with Gasteiger partial charge >= 0.3 is 0 Å². The number of aromatic nitrogens is 2. The maximum Gasteiger partial charge on any atom is 0.262 e. The van der Waals surface area contributed by atoms with Crippen molar-refractivity contribution in [3.63, 3.8) is 0 Å². The van der Waals surface area contributed by atoms with Crippen LogP contribution in [0.4, 0.5) is 0 Å². The maximum absolute atomic E-state index is 13.4. The summed E-state index contributed by atoms with van der Waals surface area (Å²) >= 11 is 1.36. The quantitative estimate of drug-likeness (QED) is 0.312. The Labute approximate surface area is 207 Å². The van der Waals surface area contributed by atoms with E-state index in [4.69, 9.17) is 4.98 Å². The molecule has 0 aliphatic heterocycles. The number of para-hydroxylation sites is 1. The second kappa shape index (κ2) is 11.7. The molecule has 3 rings (SSSR count). The van der Waals surface area contributed by atoms with Crippen molar-refractivity contribution >= 4 is 28.6 Å². The molecule has 0 bridgehead atoms. The van der Waals surface area contributed by atoms with E-state index < -0.39 is 0 Å². The predicted octanol–water partition coefficient (Wildman–Crippen LogP) is 4.65. The number of amides is 1. The van der Waals surface area contributed by atoms with Crippen molar-refractivity contribution in [3.05, 3.63) is 70.5 Å². The van der Waals surface area contributed by atoms with Gasteiger partial charge in [-0.2, -0.15) is 0 Å². The van der Waals surface area contributed by atoms with Crippen LogP contribution in [0, 0.1) is 0 Å². The molecule has 1 heterocycles. The lowest BCUT2D eigenvalue weighted by Gasteiger charge is -2.31. The van der Waals surface area contributed by atoms with Crippen LogP contribution in [0.25, 0.3) is 10.9 Å². The van der Waals surface area contributed by atoms with Crippen LogP contribution in [-0.4, -0.2) is 56.2 Å². The Morgan fingerprint density at radius 2 is 1.59 bits per heavy atom. The van der Waals surface area contributed by atoms with E-state index in [1.807, 2.05) is 68.6 Å². The maximum atomic E-state index is 13.4. The molecule has 0 fully saturated rings. The number of hydrogen-bond acceptors (Lipinski definition) is 5. The van der Waals surface area contributed by atoms with Crippen LogP contribution < -0.4 is 5.56 Å². The first kappa shape index (κ1) is 26.0. The molecule has 0 saturated carbocycles. The number of fused-ring (bicyclic) bond motifs is 1. The number of carbonyl (C=O) groups excluding carboxylic acids is 1. The van der Waals surface area contributed by atoms with Crippen molar-refractivity contribution in [1.29, 1.82) is 0 Å². The second-order valence-electron chi connectivity index (χ2n) is 9.23. The van der Waals surface area contributed by atoms with Crippen molar-refractivity contribution in [2.24, 2.45) is 0 Å². The molecule has 1 atom stereocenters. The minimum absolute atomic E-state index is 0.00815. The van der Waals surface area contributed by atoms with Crippen molar-refractivity contribution in [2.75, 3.05) is 13.6 Å². The SMILES string of the molecule is CC(Sc1nc2ccccc2c(=O)n1CCN(C(C)C)C(C)C)C(=O)N(C)Cc1ccccc1. The van der Waals surface area contributed by atoms with E-state index >= 15 is 0 Å². The van der Waals surface area contributed by atoms with Gasteiger partial charge in [0.15, 0.2) is 5.16 Å². The molecule has 0 saturated heterocycles. The third-order valence-electron chi connectivity index (χ3n) is 6.00. The molecule has 1 aromatic heterocycles. The molecule has 7 heteroatoms. The van der Waals surface area contributed by atoms with E-state index in [2.05, 4.69) is 32.6 Å². The summed E-state index contributed by atoms with van der Waals surface area (Å²) < 4.78 is 1.74. The Morgan fingerprint density at radius 3 is 2.24 bits per heavy atom. The van der Waals surface area contributed by atoms with Crippen LogP contribution in [0.2, 0.25) is 0 Å². The first-order valence-corrected chi connectivity index (χ1v) is 12.8. The number of nitrogens with zero attached hydrogens (tertiary/aromatic N) is 4. The first-order chi connectivity index (χ1) is 16.2. The predicted molar refractivity (Wildman–Crippen MR) is 141 cm³/mol. The van der Waals surface area contributed by atoms with Gasteiger partial charge in [0.25, 0.3) is 5.56 Å². The van der Waals surface area contributed by atoms with Gasteiger partial charge in [0, 0.05) is 38.8 Å². The summed E-state index contributed by atoms with van der Waals surface area (Å²) in [5.74, 6) is 0.00815. The van der Waals surface area contributed by atoms with Crippen LogP contribution in [0.3, 0.4) is 0 Å². The van der Waals surface area contributed by atoms with E-state index in [1.54, 1.807) is 9.47 Å². The number of benzene rings is 2. The van der Waals surface area contributed by atoms with E-state index in [-0.39, 0.29) is 16.7 Å². The molecule has 0 radical (unpaired) electrons. The number of thioether (sulfide) groups is 1. The molecule has 0 aliphatic carbocycles. The van der Waals surface area contributed by atoms with Crippen molar-refractivity contribution < 1.29 is 4.79 Å². The van der Waals surface area contributed by atoms with Gasteiger partial charge in [-0.25, -0.2) is 4.98 Å².